The monoisotopic (exact) mass is 320 g/mol. The van der Waals surface area contributed by atoms with Crippen LogP contribution in [-0.4, -0.2) is 36.3 Å². The molecule has 2 amide bonds. The van der Waals surface area contributed by atoms with Gasteiger partial charge < -0.3 is 15.4 Å². The van der Waals surface area contributed by atoms with Gasteiger partial charge in [0, 0.05) is 17.5 Å². The first-order chi connectivity index (χ1) is 10.7. The lowest BCUT2D eigenvalue weighted by molar-refractivity contribution is -0.127. The van der Waals surface area contributed by atoms with E-state index in [-0.39, 0.29) is 36.3 Å². The van der Waals surface area contributed by atoms with Gasteiger partial charge >= 0.3 is 0 Å². The van der Waals surface area contributed by atoms with Gasteiger partial charge in [0.2, 0.25) is 5.91 Å². The lowest BCUT2D eigenvalue weighted by atomic mass is 10.1. The molecule has 0 saturated carbocycles. The number of hydrogen-bond acceptors (Lipinski definition) is 4. The Morgan fingerprint density at radius 3 is 2.17 bits per heavy atom. The summed E-state index contributed by atoms with van der Waals surface area (Å²) < 4.78 is 5.31. The standard InChI is InChI=1S/C17H24N2O4/c1-5-14(20)12-6-8-13(9-7-12)23-11-16(22)18-10-15(21)19-17(2,3)4/h6-9H,5,10-11H2,1-4H3,(H,18,22)(H,19,21). The summed E-state index contributed by atoms with van der Waals surface area (Å²) in [6.07, 6.45) is 0.444. The number of rotatable bonds is 7. The van der Waals surface area contributed by atoms with Crippen molar-refractivity contribution in [3.63, 3.8) is 0 Å². The molecule has 0 fully saturated rings. The van der Waals surface area contributed by atoms with Crippen LogP contribution in [0.25, 0.3) is 0 Å². The quantitative estimate of drug-likeness (QED) is 0.749. The molecular weight excluding hydrogens is 296 g/mol. The van der Waals surface area contributed by atoms with Crippen molar-refractivity contribution in [2.24, 2.45) is 0 Å². The van der Waals surface area contributed by atoms with Gasteiger partial charge in [-0.25, -0.2) is 0 Å². The van der Waals surface area contributed by atoms with E-state index >= 15 is 0 Å². The van der Waals surface area contributed by atoms with Crippen molar-refractivity contribution < 1.29 is 19.1 Å². The summed E-state index contributed by atoms with van der Waals surface area (Å²) in [7, 11) is 0. The van der Waals surface area contributed by atoms with Gasteiger partial charge in [-0.2, -0.15) is 0 Å². The minimum Gasteiger partial charge on any atom is -0.484 e. The van der Waals surface area contributed by atoms with E-state index in [0.717, 1.165) is 0 Å². The third-order valence-electron chi connectivity index (χ3n) is 2.83. The molecule has 1 rings (SSSR count). The van der Waals surface area contributed by atoms with Crippen molar-refractivity contribution in [3.05, 3.63) is 29.8 Å². The Bertz CT molecular complexity index is 559. The average molecular weight is 320 g/mol. The van der Waals surface area contributed by atoms with Crippen molar-refractivity contribution in [3.8, 4) is 5.75 Å². The Labute approximate surface area is 136 Å². The van der Waals surface area contributed by atoms with Crippen LogP contribution in [0.4, 0.5) is 0 Å². The van der Waals surface area contributed by atoms with Gasteiger partial charge in [0.05, 0.1) is 6.54 Å². The van der Waals surface area contributed by atoms with Crippen molar-refractivity contribution in [1.82, 2.24) is 10.6 Å². The molecule has 0 radical (unpaired) electrons. The van der Waals surface area contributed by atoms with Crippen LogP contribution < -0.4 is 15.4 Å². The number of amides is 2. The Kier molecular flexibility index (Phi) is 6.75. The molecule has 0 heterocycles. The normalized spacial score (nSPS) is 10.8. The van der Waals surface area contributed by atoms with Gasteiger partial charge in [-0.1, -0.05) is 6.92 Å². The van der Waals surface area contributed by atoms with E-state index in [1.807, 2.05) is 20.8 Å². The maximum absolute atomic E-state index is 11.6. The first-order valence-electron chi connectivity index (χ1n) is 7.55. The van der Waals surface area contributed by atoms with Gasteiger partial charge in [-0.3, -0.25) is 14.4 Å². The van der Waals surface area contributed by atoms with E-state index in [1.54, 1.807) is 31.2 Å². The molecule has 126 valence electrons. The highest BCUT2D eigenvalue weighted by atomic mass is 16.5. The highest BCUT2D eigenvalue weighted by Gasteiger charge is 2.14. The molecule has 0 unspecified atom stereocenters. The predicted molar refractivity (Wildman–Crippen MR) is 87.5 cm³/mol. The second-order valence-corrected chi connectivity index (χ2v) is 6.16. The van der Waals surface area contributed by atoms with E-state index in [2.05, 4.69) is 10.6 Å². The maximum Gasteiger partial charge on any atom is 0.258 e. The second kappa shape index (κ2) is 8.31. The number of Topliss-reactive ketones (excluding diaryl/α,β-unsaturated/α-hetero) is 1. The van der Waals surface area contributed by atoms with Crippen LogP contribution in [0, 0.1) is 0 Å². The molecular formula is C17H24N2O4. The third kappa shape index (κ3) is 7.44. The number of ether oxygens (including phenoxy) is 1. The van der Waals surface area contributed by atoms with Crippen LogP contribution in [-0.2, 0) is 9.59 Å². The summed E-state index contributed by atoms with van der Waals surface area (Å²) in [5.41, 5.74) is 0.277. The van der Waals surface area contributed by atoms with E-state index in [9.17, 15) is 14.4 Å². The molecule has 0 aromatic heterocycles. The molecule has 0 aliphatic heterocycles. The maximum atomic E-state index is 11.6. The van der Waals surface area contributed by atoms with Crippen LogP contribution in [0.5, 0.6) is 5.75 Å². The Morgan fingerprint density at radius 2 is 1.65 bits per heavy atom. The molecule has 1 aromatic carbocycles. The van der Waals surface area contributed by atoms with E-state index in [0.29, 0.717) is 17.7 Å². The molecule has 1 aromatic rings. The van der Waals surface area contributed by atoms with Crippen molar-refractivity contribution in [1.29, 1.82) is 0 Å². The first kappa shape index (κ1) is 18.7. The van der Waals surface area contributed by atoms with Gasteiger partial charge in [-0.05, 0) is 45.0 Å². The smallest absolute Gasteiger partial charge is 0.258 e. The Balaban J connectivity index is 2.36. The first-order valence-corrected chi connectivity index (χ1v) is 7.55. The number of carbonyl (C=O) groups excluding carboxylic acids is 3. The number of benzene rings is 1. The lowest BCUT2D eigenvalue weighted by Crippen LogP contribution is -2.46. The molecule has 0 aliphatic carbocycles. The Hall–Kier alpha value is -2.37. The summed E-state index contributed by atoms with van der Waals surface area (Å²) in [5.74, 6) is -0.0952. The molecule has 6 heteroatoms. The fraction of sp³-hybridized carbons (Fsp3) is 0.471. The molecule has 23 heavy (non-hydrogen) atoms. The number of ketones is 1. The molecule has 0 saturated heterocycles. The summed E-state index contributed by atoms with van der Waals surface area (Å²) in [4.78, 5) is 34.7. The second-order valence-electron chi connectivity index (χ2n) is 6.16. The van der Waals surface area contributed by atoms with Crippen LogP contribution in [0.2, 0.25) is 0 Å². The van der Waals surface area contributed by atoms with Gasteiger partial charge in [-0.15, -0.1) is 0 Å². The van der Waals surface area contributed by atoms with Crippen molar-refractivity contribution >= 4 is 17.6 Å². The number of nitrogens with one attached hydrogen (secondary N) is 2. The topological polar surface area (TPSA) is 84.5 Å². The summed E-state index contributed by atoms with van der Waals surface area (Å²) in [5, 5.41) is 5.23. The number of hydrogen-bond donors (Lipinski definition) is 2. The lowest BCUT2D eigenvalue weighted by Gasteiger charge is -2.20. The molecule has 0 spiro atoms. The fourth-order valence-corrected chi connectivity index (χ4v) is 1.78. The van der Waals surface area contributed by atoms with Crippen LogP contribution >= 0.6 is 0 Å². The van der Waals surface area contributed by atoms with Gasteiger partial charge in [0.1, 0.15) is 5.75 Å². The zero-order valence-electron chi connectivity index (χ0n) is 14.1. The summed E-state index contributed by atoms with van der Waals surface area (Å²) in [6, 6.07) is 6.61. The molecule has 2 N–H and O–H groups in total. The van der Waals surface area contributed by atoms with Crippen LogP contribution in [0.15, 0.2) is 24.3 Å². The third-order valence-corrected chi connectivity index (χ3v) is 2.83. The highest BCUT2D eigenvalue weighted by molar-refractivity contribution is 5.95. The highest BCUT2D eigenvalue weighted by Crippen LogP contribution is 2.13. The van der Waals surface area contributed by atoms with Crippen LogP contribution in [0.1, 0.15) is 44.5 Å². The molecule has 0 atom stereocenters. The van der Waals surface area contributed by atoms with E-state index in [1.165, 1.54) is 0 Å². The SMILES string of the molecule is CCC(=O)c1ccc(OCC(=O)NCC(=O)NC(C)(C)C)cc1. The average Bonchev–Trinajstić information content (AvgIpc) is 2.49. The largest absolute Gasteiger partial charge is 0.484 e. The van der Waals surface area contributed by atoms with Crippen LogP contribution in [0.3, 0.4) is 0 Å². The van der Waals surface area contributed by atoms with Crippen molar-refractivity contribution in [2.75, 3.05) is 13.2 Å². The van der Waals surface area contributed by atoms with E-state index < -0.39 is 0 Å². The zero-order valence-corrected chi connectivity index (χ0v) is 14.1. The predicted octanol–water partition coefficient (Wildman–Crippen LogP) is 1.69. The number of carbonyl (C=O) groups is 3. The fourth-order valence-electron chi connectivity index (χ4n) is 1.78. The molecule has 6 nitrogen and oxygen atoms in total. The summed E-state index contributed by atoms with van der Waals surface area (Å²) in [6.45, 7) is 7.11. The zero-order chi connectivity index (χ0) is 17.5. The minimum atomic E-state index is -0.386. The summed E-state index contributed by atoms with van der Waals surface area (Å²) >= 11 is 0. The van der Waals surface area contributed by atoms with E-state index in [4.69, 9.17) is 4.74 Å². The molecule has 0 aliphatic rings. The molecule has 0 bridgehead atoms. The van der Waals surface area contributed by atoms with Gasteiger partial charge in [0.25, 0.3) is 5.91 Å². The van der Waals surface area contributed by atoms with Gasteiger partial charge in [0.15, 0.2) is 12.4 Å². The Morgan fingerprint density at radius 1 is 1.04 bits per heavy atom. The minimum absolute atomic E-state index is 0.0548. The van der Waals surface area contributed by atoms with Crippen molar-refractivity contribution in [2.45, 2.75) is 39.7 Å².